The molecule has 1 saturated heterocycles. The van der Waals surface area contributed by atoms with Crippen molar-refractivity contribution < 1.29 is 14.5 Å². The van der Waals surface area contributed by atoms with Crippen LogP contribution in [0.2, 0.25) is 0 Å². The molecule has 0 aliphatic carbocycles. The maximum atomic E-state index is 11.2. The quantitative estimate of drug-likeness (QED) is 0.458. The largest absolute Gasteiger partial charge is 0.465 e. The second-order valence-electron chi connectivity index (χ2n) is 3.31. The predicted molar refractivity (Wildman–Crippen MR) is 58.3 cm³/mol. The number of esters is 1. The number of non-ortho nitro benzene ring substituents is 1. The lowest BCUT2D eigenvalue weighted by Crippen LogP contribution is -2.08. The van der Waals surface area contributed by atoms with E-state index in [0.29, 0.717) is 13.0 Å². The van der Waals surface area contributed by atoms with Gasteiger partial charge in [-0.05, 0) is 12.1 Å². The van der Waals surface area contributed by atoms with E-state index in [2.05, 4.69) is 0 Å². The van der Waals surface area contributed by atoms with Crippen molar-refractivity contribution in [2.75, 3.05) is 6.61 Å². The highest BCUT2D eigenvalue weighted by Gasteiger charge is 2.27. The first-order valence-corrected chi connectivity index (χ1v) is 5.62. The molecule has 2 rings (SSSR count). The van der Waals surface area contributed by atoms with Crippen LogP contribution in [0.15, 0.2) is 29.2 Å². The number of carbonyl (C=O) groups is 1. The van der Waals surface area contributed by atoms with E-state index in [1.165, 1.54) is 23.9 Å². The third kappa shape index (κ3) is 2.33. The maximum Gasteiger partial charge on any atom is 0.319 e. The van der Waals surface area contributed by atoms with Crippen molar-refractivity contribution >= 4 is 23.4 Å². The summed E-state index contributed by atoms with van der Waals surface area (Å²) in [4.78, 5) is 22.0. The molecule has 1 aromatic rings. The molecule has 0 radical (unpaired) electrons. The molecular formula is C10H9NO4S. The summed E-state index contributed by atoms with van der Waals surface area (Å²) >= 11 is 1.38. The van der Waals surface area contributed by atoms with E-state index in [-0.39, 0.29) is 16.9 Å². The minimum Gasteiger partial charge on any atom is -0.465 e. The second kappa shape index (κ2) is 4.52. The lowest BCUT2D eigenvalue weighted by molar-refractivity contribution is -0.384. The summed E-state index contributed by atoms with van der Waals surface area (Å²) in [6.45, 7) is 0.462. The third-order valence-electron chi connectivity index (χ3n) is 2.21. The SMILES string of the molecule is O=C1OCCC1Sc1ccc([N+](=O)[O-])cc1. The van der Waals surface area contributed by atoms with E-state index < -0.39 is 4.92 Å². The topological polar surface area (TPSA) is 69.4 Å². The molecule has 1 aromatic carbocycles. The van der Waals surface area contributed by atoms with E-state index in [1.54, 1.807) is 12.1 Å². The van der Waals surface area contributed by atoms with Crippen molar-refractivity contribution in [3.8, 4) is 0 Å². The molecule has 1 atom stereocenters. The molecule has 5 nitrogen and oxygen atoms in total. The van der Waals surface area contributed by atoms with Crippen LogP contribution in [0.1, 0.15) is 6.42 Å². The van der Waals surface area contributed by atoms with Gasteiger partial charge in [0.25, 0.3) is 5.69 Å². The average molecular weight is 239 g/mol. The number of nitro groups is 1. The molecule has 1 heterocycles. The van der Waals surface area contributed by atoms with Gasteiger partial charge in [-0.25, -0.2) is 0 Å². The monoisotopic (exact) mass is 239 g/mol. The zero-order valence-corrected chi connectivity index (χ0v) is 9.11. The number of cyclic esters (lactones) is 1. The predicted octanol–water partition coefficient (Wildman–Crippen LogP) is 2.00. The van der Waals surface area contributed by atoms with Gasteiger partial charge >= 0.3 is 5.97 Å². The molecule has 1 fully saturated rings. The molecule has 0 amide bonds. The van der Waals surface area contributed by atoms with Crippen molar-refractivity contribution in [3.05, 3.63) is 34.4 Å². The van der Waals surface area contributed by atoms with Crippen molar-refractivity contribution in [1.29, 1.82) is 0 Å². The Bertz CT molecular complexity index is 417. The number of hydrogen-bond donors (Lipinski definition) is 0. The summed E-state index contributed by atoms with van der Waals surface area (Å²) in [5.74, 6) is -0.205. The first-order valence-electron chi connectivity index (χ1n) is 4.74. The van der Waals surface area contributed by atoms with E-state index in [4.69, 9.17) is 4.74 Å². The van der Waals surface area contributed by atoms with Crippen molar-refractivity contribution in [1.82, 2.24) is 0 Å². The molecule has 1 unspecified atom stereocenters. The zero-order chi connectivity index (χ0) is 11.5. The van der Waals surface area contributed by atoms with Crippen LogP contribution in [-0.2, 0) is 9.53 Å². The number of thioether (sulfide) groups is 1. The highest BCUT2D eigenvalue weighted by molar-refractivity contribution is 8.00. The number of hydrogen-bond acceptors (Lipinski definition) is 5. The highest BCUT2D eigenvalue weighted by Crippen LogP contribution is 2.30. The number of nitro benzene ring substituents is 1. The molecule has 0 spiro atoms. The minimum atomic E-state index is -0.446. The van der Waals surface area contributed by atoms with Crippen molar-refractivity contribution in [3.63, 3.8) is 0 Å². The summed E-state index contributed by atoms with van der Waals surface area (Å²) in [5, 5.41) is 10.3. The maximum absolute atomic E-state index is 11.2. The van der Waals surface area contributed by atoms with E-state index in [1.807, 2.05) is 0 Å². The van der Waals surface area contributed by atoms with Crippen LogP contribution < -0.4 is 0 Å². The van der Waals surface area contributed by atoms with Gasteiger partial charge in [-0.2, -0.15) is 0 Å². The summed E-state index contributed by atoms with van der Waals surface area (Å²) in [5.41, 5.74) is 0.0540. The number of benzene rings is 1. The fraction of sp³-hybridized carbons (Fsp3) is 0.300. The Hall–Kier alpha value is -1.56. The van der Waals surface area contributed by atoms with Gasteiger partial charge in [-0.1, -0.05) is 0 Å². The second-order valence-corrected chi connectivity index (χ2v) is 4.59. The molecular weight excluding hydrogens is 230 g/mol. The smallest absolute Gasteiger partial charge is 0.319 e. The lowest BCUT2D eigenvalue weighted by Gasteiger charge is -2.04. The molecule has 0 saturated carbocycles. The van der Waals surface area contributed by atoms with Crippen LogP contribution in [0.3, 0.4) is 0 Å². The molecule has 0 N–H and O–H groups in total. The van der Waals surface area contributed by atoms with Crippen LogP contribution >= 0.6 is 11.8 Å². The molecule has 16 heavy (non-hydrogen) atoms. The van der Waals surface area contributed by atoms with E-state index >= 15 is 0 Å². The fourth-order valence-corrected chi connectivity index (χ4v) is 2.40. The number of carbonyl (C=O) groups excluding carboxylic acids is 1. The van der Waals surface area contributed by atoms with Gasteiger partial charge in [-0.15, -0.1) is 11.8 Å². The molecule has 1 aliphatic rings. The third-order valence-corrected chi connectivity index (χ3v) is 3.47. The summed E-state index contributed by atoms with van der Waals surface area (Å²) < 4.78 is 4.83. The van der Waals surface area contributed by atoms with Crippen molar-refractivity contribution in [2.45, 2.75) is 16.6 Å². The normalized spacial score (nSPS) is 19.5. The molecule has 6 heteroatoms. The van der Waals surface area contributed by atoms with Gasteiger partial charge in [-0.3, -0.25) is 14.9 Å². The first kappa shape index (κ1) is 10.9. The molecule has 1 aliphatic heterocycles. The van der Waals surface area contributed by atoms with Crippen LogP contribution in [0.5, 0.6) is 0 Å². The minimum absolute atomic E-state index is 0.0540. The standard InChI is InChI=1S/C10H9NO4S/c12-10-9(5-6-15-10)16-8-3-1-7(2-4-8)11(13)14/h1-4,9H,5-6H2. The Morgan fingerprint density at radius 3 is 2.56 bits per heavy atom. The summed E-state index contributed by atoms with van der Waals surface area (Å²) in [6, 6.07) is 6.16. The van der Waals surface area contributed by atoms with Gasteiger partial charge in [0, 0.05) is 23.4 Å². The zero-order valence-electron chi connectivity index (χ0n) is 8.29. The van der Waals surface area contributed by atoms with Gasteiger partial charge in [0.05, 0.1) is 11.5 Å². The van der Waals surface area contributed by atoms with Crippen LogP contribution in [-0.4, -0.2) is 22.7 Å². The lowest BCUT2D eigenvalue weighted by atomic mass is 10.3. The van der Waals surface area contributed by atoms with Gasteiger partial charge in [0.1, 0.15) is 5.25 Å². The Kier molecular flexibility index (Phi) is 3.09. The molecule has 84 valence electrons. The Morgan fingerprint density at radius 2 is 2.06 bits per heavy atom. The first-order chi connectivity index (χ1) is 7.66. The van der Waals surface area contributed by atoms with Crippen LogP contribution in [0.4, 0.5) is 5.69 Å². The summed E-state index contributed by atoms with van der Waals surface area (Å²) in [7, 11) is 0. The Labute approximate surface area is 95.9 Å². The fourth-order valence-electron chi connectivity index (χ4n) is 1.40. The summed E-state index contributed by atoms with van der Waals surface area (Å²) in [6.07, 6.45) is 0.695. The number of ether oxygens (including phenoxy) is 1. The van der Waals surface area contributed by atoms with Crippen molar-refractivity contribution in [2.24, 2.45) is 0 Å². The van der Waals surface area contributed by atoms with Gasteiger partial charge in [0.15, 0.2) is 0 Å². The van der Waals surface area contributed by atoms with E-state index in [9.17, 15) is 14.9 Å². The average Bonchev–Trinajstić information content (AvgIpc) is 2.65. The van der Waals surface area contributed by atoms with Gasteiger partial charge < -0.3 is 4.74 Å². The number of nitrogens with zero attached hydrogens (tertiary/aromatic N) is 1. The molecule has 0 bridgehead atoms. The Balaban J connectivity index is 2.05. The Morgan fingerprint density at radius 1 is 1.38 bits per heavy atom. The molecule has 0 aromatic heterocycles. The van der Waals surface area contributed by atoms with E-state index in [0.717, 1.165) is 4.90 Å². The number of rotatable bonds is 3. The highest BCUT2D eigenvalue weighted by atomic mass is 32.2. The van der Waals surface area contributed by atoms with Crippen LogP contribution in [0, 0.1) is 10.1 Å². The van der Waals surface area contributed by atoms with Gasteiger partial charge in [0.2, 0.25) is 0 Å². The van der Waals surface area contributed by atoms with Crippen LogP contribution in [0.25, 0.3) is 0 Å².